The summed E-state index contributed by atoms with van der Waals surface area (Å²) >= 11 is 1.53. The maximum absolute atomic E-state index is 5.25. The average molecular weight is 166 g/mol. The van der Waals surface area contributed by atoms with Crippen LogP contribution in [0.1, 0.15) is 6.92 Å². The molecule has 0 unspecified atom stereocenters. The van der Waals surface area contributed by atoms with E-state index in [-0.39, 0.29) is 0 Å². The van der Waals surface area contributed by atoms with Gasteiger partial charge in [0.25, 0.3) is 0 Å². The molecule has 0 atom stereocenters. The second-order valence-corrected chi connectivity index (χ2v) is 3.11. The molecule has 0 aromatic rings. The lowest BCUT2D eigenvalue weighted by atomic mass is 10.4. The van der Waals surface area contributed by atoms with E-state index in [1.807, 2.05) is 19.1 Å². The van der Waals surface area contributed by atoms with Crippen LogP contribution in [-0.2, 0) is 4.74 Å². The fraction of sp³-hybridized carbons (Fsp3) is 0.111. The fourth-order valence-corrected chi connectivity index (χ4v) is 1.58. The van der Waals surface area contributed by atoms with Crippen molar-refractivity contribution in [2.45, 2.75) is 6.92 Å². The number of hydrogen-bond donors (Lipinski definition) is 0. The van der Waals surface area contributed by atoms with E-state index in [1.54, 1.807) is 6.08 Å². The minimum Gasteiger partial charge on any atom is -0.450 e. The summed E-state index contributed by atoms with van der Waals surface area (Å²) in [6.07, 6.45) is 5.65. The third kappa shape index (κ3) is 1.77. The Morgan fingerprint density at radius 1 is 1.55 bits per heavy atom. The van der Waals surface area contributed by atoms with Crippen LogP contribution in [0.3, 0.4) is 0 Å². The van der Waals surface area contributed by atoms with Gasteiger partial charge in [0.15, 0.2) is 5.09 Å². The SMILES string of the molecule is C=CC1=C(/C=C\C)SC(=C)O1. The molecule has 1 aliphatic heterocycles. The Morgan fingerprint density at radius 3 is 2.82 bits per heavy atom. The molecule has 0 spiro atoms. The van der Waals surface area contributed by atoms with Gasteiger partial charge in [-0.25, -0.2) is 0 Å². The van der Waals surface area contributed by atoms with Gasteiger partial charge in [-0.1, -0.05) is 12.7 Å². The minimum absolute atomic E-state index is 0.716. The first kappa shape index (κ1) is 8.21. The molecule has 1 rings (SSSR count). The molecule has 0 fully saturated rings. The predicted octanol–water partition coefficient (Wildman–Crippen LogP) is 3.19. The van der Waals surface area contributed by atoms with E-state index in [4.69, 9.17) is 4.74 Å². The standard InChI is InChI=1S/C9H10OS/c1-4-6-9-8(5-2)10-7(3)11-9/h4-6H,2-3H2,1H3/b6-4-. The summed E-state index contributed by atoms with van der Waals surface area (Å²) in [4.78, 5) is 1.08. The number of allylic oxidation sites excluding steroid dienone is 3. The van der Waals surface area contributed by atoms with Crippen LogP contribution < -0.4 is 0 Å². The highest BCUT2D eigenvalue weighted by molar-refractivity contribution is 8.06. The van der Waals surface area contributed by atoms with Crippen molar-refractivity contribution in [3.8, 4) is 0 Å². The van der Waals surface area contributed by atoms with Crippen molar-refractivity contribution in [3.63, 3.8) is 0 Å². The Labute approximate surface area is 71.1 Å². The quantitative estimate of drug-likeness (QED) is 0.623. The first-order chi connectivity index (χ1) is 5.27. The number of rotatable bonds is 2. The Bertz CT molecular complexity index is 248. The molecule has 0 bridgehead atoms. The predicted molar refractivity (Wildman–Crippen MR) is 49.9 cm³/mol. The number of ether oxygens (including phenoxy) is 1. The molecule has 0 amide bonds. The van der Waals surface area contributed by atoms with Gasteiger partial charge in [-0.2, -0.15) is 0 Å². The van der Waals surface area contributed by atoms with Gasteiger partial charge >= 0.3 is 0 Å². The lowest BCUT2D eigenvalue weighted by Crippen LogP contribution is -1.76. The molecule has 0 radical (unpaired) electrons. The molecule has 1 heterocycles. The van der Waals surface area contributed by atoms with Crippen molar-refractivity contribution in [2.75, 3.05) is 0 Å². The summed E-state index contributed by atoms with van der Waals surface area (Å²) < 4.78 is 5.25. The van der Waals surface area contributed by atoms with E-state index in [1.165, 1.54) is 11.8 Å². The molecule has 2 heteroatoms. The third-order valence-electron chi connectivity index (χ3n) is 1.19. The first-order valence-corrected chi connectivity index (χ1v) is 4.13. The molecule has 1 nitrogen and oxygen atoms in total. The number of hydrogen-bond acceptors (Lipinski definition) is 2. The Kier molecular flexibility index (Phi) is 2.60. The van der Waals surface area contributed by atoms with Crippen LogP contribution in [0, 0.1) is 0 Å². The zero-order chi connectivity index (χ0) is 8.27. The van der Waals surface area contributed by atoms with Crippen molar-refractivity contribution in [1.82, 2.24) is 0 Å². The van der Waals surface area contributed by atoms with Crippen molar-refractivity contribution in [3.05, 3.63) is 47.1 Å². The summed E-state index contributed by atoms with van der Waals surface area (Å²) in [5, 5.41) is 0.716. The maximum atomic E-state index is 5.25. The molecule has 0 N–H and O–H groups in total. The Hall–Kier alpha value is -0.890. The van der Waals surface area contributed by atoms with Crippen LogP contribution in [0.5, 0.6) is 0 Å². The van der Waals surface area contributed by atoms with Gasteiger partial charge in [0.05, 0.1) is 4.91 Å². The largest absolute Gasteiger partial charge is 0.450 e. The molecule has 11 heavy (non-hydrogen) atoms. The van der Waals surface area contributed by atoms with Crippen LogP contribution in [-0.4, -0.2) is 0 Å². The molecule has 0 aliphatic carbocycles. The summed E-state index contributed by atoms with van der Waals surface area (Å²) in [6, 6.07) is 0. The molecule has 0 saturated heterocycles. The van der Waals surface area contributed by atoms with Crippen LogP contribution in [0.25, 0.3) is 0 Å². The zero-order valence-electron chi connectivity index (χ0n) is 6.46. The normalized spacial score (nSPS) is 17.7. The monoisotopic (exact) mass is 166 g/mol. The van der Waals surface area contributed by atoms with Crippen molar-refractivity contribution in [2.24, 2.45) is 0 Å². The van der Waals surface area contributed by atoms with Crippen LogP contribution in [0.2, 0.25) is 0 Å². The van der Waals surface area contributed by atoms with E-state index < -0.39 is 0 Å². The van der Waals surface area contributed by atoms with Crippen molar-refractivity contribution in [1.29, 1.82) is 0 Å². The minimum atomic E-state index is 0.716. The highest BCUT2D eigenvalue weighted by atomic mass is 32.2. The molecule has 1 aliphatic rings. The van der Waals surface area contributed by atoms with E-state index in [0.717, 1.165) is 10.7 Å². The van der Waals surface area contributed by atoms with E-state index in [9.17, 15) is 0 Å². The van der Waals surface area contributed by atoms with E-state index in [2.05, 4.69) is 13.2 Å². The third-order valence-corrected chi connectivity index (χ3v) is 2.06. The zero-order valence-corrected chi connectivity index (χ0v) is 7.28. The smallest absolute Gasteiger partial charge is 0.158 e. The molecule has 0 saturated carbocycles. The fourth-order valence-electron chi connectivity index (χ4n) is 0.776. The summed E-state index contributed by atoms with van der Waals surface area (Å²) in [5.74, 6) is 0.804. The highest BCUT2D eigenvalue weighted by Crippen LogP contribution is 2.38. The molecule has 58 valence electrons. The summed E-state index contributed by atoms with van der Waals surface area (Å²) in [6.45, 7) is 9.31. The maximum Gasteiger partial charge on any atom is 0.158 e. The van der Waals surface area contributed by atoms with Gasteiger partial charge in [-0.05, 0) is 37.4 Å². The number of thioether (sulfide) groups is 1. The Balaban J connectivity index is 2.87. The topological polar surface area (TPSA) is 9.23 Å². The second-order valence-electron chi connectivity index (χ2n) is 2.01. The lowest BCUT2D eigenvalue weighted by molar-refractivity contribution is 0.363. The molecular formula is C9H10OS. The van der Waals surface area contributed by atoms with Crippen LogP contribution in [0.15, 0.2) is 47.1 Å². The second kappa shape index (κ2) is 3.49. The van der Waals surface area contributed by atoms with E-state index >= 15 is 0 Å². The van der Waals surface area contributed by atoms with Gasteiger partial charge in [-0.15, -0.1) is 0 Å². The van der Waals surface area contributed by atoms with Gasteiger partial charge in [0.1, 0.15) is 5.76 Å². The molecular weight excluding hydrogens is 156 g/mol. The van der Waals surface area contributed by atoms with E-state index in [0.29, 0.717) is 5.09 Å². The van der Waals surface area contributed by atoms with Crippen molar-refractivity contribution >= 4 is 11.8 Å². The van der Waals surface area contributed by atoms with Gasteiger partial charge in [-0.3, -0.25) is 0 Å². The van der Waals surface area contributed by atoms with Crippen molar-refractivity contribution < 1.29 is 4.74 Å². The summed E-state index contributed by atoms with van der Waals surface area (Å²) in [5.41, 5.74) is 0. The van der Waals surface area contributed by atoms with Crippen LogP contribution in [0.4, 0.5) is 0 Å². The van der Waals surface area contributed by atoms with Gasteiger partial charge < -0.3 is 4.74 Å². The highest BCUT2D eigenvalue weighted by Gasteiger charge is 2.14. The molecule has 0 aromatic heterocycles. The van der Waals surface area contributed by atoms with Crippen LogP contribution >= 0.6 is 11.8 Å². The Morgan fingerprint density at radius 2 is 2.27 bits per heavy atom. The van der Waals surface area contributed by atoms with Gasteiger partial charge in [0.2, 0.25) is 0 Å². The average Bonchev–Trinajstić information content (AvgIpc) is 2.32. The summed E-state index contributed by atoms with van der Waals surface area (Å²) in [7, 11) is 0. The first-order valence-electron chi connectivity index (χ1n) is 3.32. The van der Waals surface area contributed by atoms with Gasteiger partial charge in [0, 0.05) is 0 Å². The molecule has 0 aromatic carbocycles. The lowest BCUT2D eigenvalue weighted by Gasteiger charge is -1.93.